The number of carboxylic acid groups (broad SMARTS) is 1. The zero-order valence-corrected chi connectivity index (χ0v) is 9.59. The fraction of sp³-hybridized carbons (Fsp3) is 0.889. The van der Waals surface area contributed by atoms with Crippen molar-refractivity contribution in [2.75, 3.05) is 19.7 Å². The lowest BCUT2D eigenvalue weighted by Crippen LogP contribution is -2.62. The Morgan fingerprint density at radius 3 is 2.53 bits per heavy atom. The smallest absolute Gasteiger partial charge is 0.451 e. The predicted octanol–water partition coefficient (Wildman–Crippen LogP) is -2.40. The lowest BCUT2D eigenvalue weighted by molar-refractivity contribution is -0.148. The van der Waals surface area contributed by atoms with Crippen molar-refractivity contribution in [1.29, 1.82) is 0 Å². The average molecular weight is 246 g/mol. The summed E-state index contributed by atoms with van der Waals surface area (Å²) >= 11 is 0. The van der Waals surface area contributed by atoms with Crippen LogP contribution < -0.4 is 11.1 Å². The molecular weight excluding hydrogens is 227 g/mol. The first-order valence-electron chi connectivity index (χ1n) is 5.58. The van der Waals surface area contributed by atoms with Gasteiger partial charge in [-0.1, -0.05) is 6.42 Å². The summed E-state index contributed by atoms with van der Waals surface area (Å²) in [6, 6.07) is 0. The molecule has 98 valence electrons. The van der Waals surface area contributed by atoms with Gasteiger partial charge in [0.05, 0.1) is 6.61 Å². The Hall–Kier alpha value is -0.665. The lowest BCUT2D eigenvalue weighted by Gasteiger charge is -2.38. The van der Waals surface area contributed by atoms with E-state index in [1.54, 1.807) is 0 Å². The number of carbonyl (C=O) groups is 1. The average Bonchev–Trinajstić information content (AvgIpc) is 2.58. The van der Waals surface area contributed by atoms with Crippen molar-refractivity contribution < 1.29 is 25.1 Å². The van der Waals surface area contributed by atoms with E-state index in [0.29, 0.717) is 19.4 Å². The highest BCUT2D eigenvalue weighted by Gasteiger charge is 2.57. The normalized spacial score (nSPS) is 32.7. The third kappa shape index (κ3) is 2.61. The summed E-state index contributed by atoms with van der Waals surface area (Å²) < 4.78 is 0. The summed E-state index contributed by atoms with van der Waals surface area (Å²) in [6.07, 6.45) is 0.862. The van der Waals surface area contributed by atoms with Crippen molar-refractivity contribution in [1.82, 2.24) is 5.32 Å². The van der Waals surface area contributed by atoms with E-state index in [1.807, 2.05) is 0 Å². The minimum absolute atomic E-state index is 0.102. The van der Waals surface area contributed by atoms with Gasteiger partial charge >= 0.3 is 13.1 Å². The van der Waals surface area contributed by atoms with Crippen molar-refractivity contribution in [2.24, 2.45) is 11.1 Å². The minimum Gasteiger partial charge on any atom is -0.480 e. The molecule has 2 unspecified atom stereocenters. The molecule has 0 saturated carbocycles. The van der Waals surface area contributed by atoms with E-state index in [9.17, 15) is 15.0 Å². The Morgan fingerprint density at radius 1 is 1.41 bits per heavy atom. The monoisotopic (exact) mass is 246 g/mol. The molecule has 1 saturated heterocycles. The van der Waals surface area contributed by atoms with Gasteiger partial charge in [0.15, 0.2) is 0 Å². The molecule has 17 heavy (non-hydrogen) atoms. The third-order valence-corrected chi connectivity index (χ3v) is 3.62. The van der Waals surface area contributed by atoms with Crippen LogP contribution in [0.5, 0.6) is 0 Å². The van der Waals surface area contributed by atoms with Crippen LogP contribution in [0.3, 0.4) is 0 Å². The number of aliphatic hydroxyl groups excluding tert-OH is 1. The fourth-order valence-electron chi connectivity index (χ4n) is 2.36. The van der Waals surface area contributed by atoms with Crippen LogP contribution in [0.4, 0.5) is 0 Å². The maximum atomic E-state index is 11.2. The molecule has 0 spiro atoms. The molecule has 0 aromatic rings. The van der Waals surface area contributed by atoms with E-state index in [0.717, 1.165) is 0 Å². The van der Waals surface area contributed by atoms with Crippen LogP contribution in [0, 0.1) is 5.41 Å². The van der Waals surface area contributed by atoms with Gasteiger partial charge in [0.1, 0.15) is 5.54 Å². The van der Waals surface area contributed by atoms with Gasteiger partial charge in [-0.2, -0.15) is 0 Å². The summed E-state index contributed by atoms with van der Waals surface area (Å²) in [5.41, 5.74) is 3.40. The molecule has 1 rings (SSSR count). The highest BCUT2D eigenvalue weighted by molar-refractivity contribution is 6.40. The van der Waals surface area contributed by atoms with E-state index in [4.69, 9.17) is 15.8 Å². The van der Waals surface area contributed by atoms with Crippen LogP contribution in [0.1, 0.15) is 12.8 Å². The number of carboxylic acids is 1. The number of nitrogens with one attached hydrogen (secondary N) is 1. The van der Waals surface area contributed by atoms with Gasteiger partial charge in [0.25, 0.3) is 0 Å². The first-order chi connectivity index (χ1) is 7.88. The Balaban J connectivity index is 2.76. The second kappa shape index (κ2) is 5.32. The van der Waals surface area contributed by atoms with Crippen LogP contribution in [0.15, 0.2) is 0 Å². The molecule has 1 heterocycles. The molecule has 0 amide bonds. The first-order valence-corrected chi connectivity index (χ1v) is 5.58. The maximum absolute atomic E-state index is 11.2. The fourth-order valence-corrected chi connectivity index (χ4v) is 2.36. The number of hydrogen-bond acceptors (Lipinski definition) is 6. The summed E-state index contributed by atoms with van der Waals surface area (Å²) in [5.74, 6) is -1.15. The van der Waals surface area contributed by atoms with Gasteiger partial charge in [0, 0.05) is 18.5 Å². The molecule has 2 atom stereocenters. The zero-order chi connectivity index (χ0) is 13.1. The molecule has 0 aromatic heterocycles. The number of aliphatic carboxylic acids is 1. The standard InChI is InChI=1S/C9H19BN2O5/c11-9(7(14)15)5-12-4-8(9,6-13)2-1-3-10(16)17/h12-13,16-17H,1-6,11H2,(H,14,15). The van der Waals surface area contributed by atoms with Crippen LogP contribution in [-0.4, -0.2) is 58.6 Å². The SMILES string of the molecule is NC1(C(=O)O)CNCC1(CO)CCCB(O)O. The Morgan fingerprint density at radius 2 is 2.06 bits per heavy atom. The number of nitrogens with two attached hydrogens (primary N) is 1. The molecular formula is C9H19BN2O5. The van der Waals surface area contributed by atoms with Crippen molar-refractivity contribution in [3.63, 3.8) is 0 Å². The molecule has 7 nitrogen and oxygen atoms in total. The largest absolute Gasteiger partial charge is 0.480 e. The van der Waals surface area contributed by atoms with Crippen molar-refractivity contribution >= 4 is 13.1 Å². The third-order valence-electron chi connectivity index (χ3n) is 3.62. The maximum Gasteiger partial charge on any atom is 0.451 e. The minimum atomic E-state index is -1.51. The van der Waals surface area contributed by atoms with Crippen LogP contribution >= 0.6 is 0 Å². The van der Waals surface area contributed by atoms with Gasteiger partial charge in [-0.3, -0.25) is 4.79 Å². The number of rotatable bonds is 6. The lowest BCUT2D eigenvalue weighted by atomic mass is 9.68. The molecule has 7 N–H and O–H groups in total. The Bertz CT molecular complexity index is 291. The van der Waals surface area contributed by atoms with E-state index in [1.165, 1.54) is 0 Å². The Labute approximate surface area is 99.8 Å². The molecule has 0 aliphatic carbocycles. The van der Waals surface area contributed by atoms with Crippen molar-refractivity contribution in [3.05, 3.63) is 0 Å². The summed E-state index contributed by atoms with van der Waals surface area (Å²) in [4.78, 5) is 11.2. The number of aliphatic hydroxyl groups is 1. The molecule has 1 aliphatic heterocycles. The summed E-state index contributed by atoms with van der Waals surface area (Å²) in [7, 11) is -1.42. The molecule has 0 bridgehead atoms. The van der Waals surface area contributed by atoms with Gasteiger partial charge in [0.2, 0.25) is 0 Å². The van der Waals surface area contributed by atoms with Crippen LogP contribution in [-0.2, 0) is 4.79 Å². The van der Waals surface area contributed by atoms with Crippen molar-refractivity contribution in [3.8, 4) is 0 Å². The molecule has 0 aromatic carbocycles. The second-order valence-corrected chi connectivity index (χ2v) is 4.69. The number of hydrogen-bond donors (Lipinski definition) is 6. The van der Waals surface area contributed by atoms with Gasteiger partial charge in [-0.15, -0.1) is 0 Å². The summed E-state index contributed by atoms with van der Waals surface area (Å²) in [5, 5.41) is 39.0. The van der Waals surface area contributed by atoms with Crippen LogP contribution in [0.25, 0.3) is 0 Å². The highest BCUT2D eigenvalue weighted by atomic mass is 16.4. The van der Waals surface area contributed by atoms with Gasteiger partial charge in [-0.05, 0) is 12.7 Å². The second-order valence-electron chi connectivity index (χ2n) is 4.69. The quantitative estimate of drug-likeness (QED) is 0.287. The molecule has 1 fully saturated rings. The van der Waals surface area contributed by atoms with E-state index in [-0.39, 0.29) is 19.5 Å². The van der Waals surface area contributed by atoms with Gasteiger partial charge in [-0.25, -0.2) is 0 Å². The topological polar surface area (TPSA) is 136 Å². The van der Waals surface area contributed by atoms with Crippen molar-refractivity contribution in [2.45, 2.75) is 24.7 Å². The first kappa shape index (κ1) is 14.4. The van der Waals surface area contributed by atoms with E-state index < -0.39 is 24.0 Å². The zero-order valence-electron chi connectivity index (χ0n) is 9.59. The van der Waals surface area contributed by atoms with E-state index in [2.05, 4.69) is 5.32 Å². The predicted molar refractivity (Wildman–Crippen MR) is 61.2 cm³/mol. The van der Waals surface area contributed by atoms with Crippen LogP contribution in [0.2, 0.25) is 6.32 Å². The molecule has 1 aliphatic rings. The molecule has 0 radical (unpaired) electrons. The molecule has 8 heteroatoms. The highest BCUT2D eigenvalue weighted by Crippen LogP contribution is 2.38. The van der Waals surface area contributed by atoms with Gasteiger partial charge < -0.3 is 31.3 Å². The Kier molecular flexibility index (Phi) is 4.51. The summed E-state index contributed by atoms with van der Waals surface area (Å²) in [6.45, 7) is 0.0721. The van der Waals surface area contributed by atoms with E-state index >= 15 is 0 Å².